The SMILES string of the molecule is CCCC(=O)N1CCC[C@H](NS(C)(=O)=O)C1. The first-order chi connectivity index (χ1) is 7.42. The smallest absolute Gasteiger partial charge is 0.222 e. The van der Waals surface area contributed by atoms with Crippen LogP contribution in [0.4, 0.5) is 0 Å². The Morgan fingerprint density at radius 3 is 2.75 bits per heavy atom. The van der Waals surface area contributed by atoms with Crippen molar-refractivity contribution in [2.75, 3.05) is 19.3 Å². The molecule has 0 aliphatic carbocycles. The molecule has 1 heterocycles. The summed E-state index contributed by atoms with van der Waals surface area (Å²) in [7, 11) is -3.17. The lowest BCUT2D eigenvalue weighted by atomic mass is 10.1. The molecule has 1 rings (SSSR count). The van der Waals surface area contributed by atoms with E-state index >= 15 is 0 Å². The Hall–Kier alpha value is -0.620. The van der Waals surface area contributed by atoms with Crippen molar-refractivity contribution in [1.82, 2.24) is 9.62 Å². The third kappa shape index (κ3) is 4.49. The number of rotatable bonds is 4. The van der Waals surface area contributed by atoms with Crippen LogP contribution in [0.1, 0.15) is 32.6 Å². The standard InChI is InChI=1S/C10H20N2O3S/c1-3-5-10(13)12-7-4-6-9(8-12)11-16(2,14)15/h9,11H,3-8H2,1-2H3/t9-/m0/s1. The molecule has 94 valence electrons. The molecule has 6 heteroatoms. The van der Waals surface area contributed by atoms with Crippen molar-refractivity contribution in [2.24, 2.45) is 0 Å². The molecular weight excluding hydrogens is 228 g/mol. The summed E-state index contributed by atoms with van der Waals surface area (Å²) in [6.45, 7) is 3.22. The normalized spacial score (nSPS) is 22.1. The van der Waals surface area contributed by atoms with Crippen molar-refractivity contribution in [3.63, 3.8) is 0 Å². The van der Waals surface area contributed by atoms with E-state index in [2.05, 4.69) is 4.72 Å². The summed E-state index contributed by atoms with van der Waals surface area (Å²) in [6, 6.07) is -0.121. The Morgan fingerprint density at radius 2 is 2.19 bits per heavy atom. The number of amides is 1. The molecule has 0 aromatic heterocycles. The molecule has 5 nitrogen and oxygen atoms in total. The lowest BCUT2D eigenvalue weighted by Gasteiger charge is -2.32. The molecule has 0 aromatic rings. The number of carbonyl (C=O) groups is 1. The van der Waals surface area contributed by atoms with Gasteiger partial charge in [-0.1, -0.05) is 6.92 Å². The molecule has 1 aliphatic heterocycles. The minimum Gasteiger partial charge on any atom is -0.341 e. The summed E-state index contributed by atoms with van der Waals surface area (Å²) in [6.07, 6.45) is 4.20. The van der Waals surface area contributed by atoms with Gasteiger partial charge in [-0.05, 0) is 19.3 Å². The zero-order valence-corrected chi connectivity index (χ0v) is 10.7. The molecule has 0 saturated carbocycles. The highest BCUT2D eigenvalue weighted by atomic mass is 32.2. The molecule has 0 aromatic carbocycles. The van der Waals surface area contributed by atoms with Crippen molar-refractivity contribution in [3.05, 3.63) is 0 Å². The summed E-state index contributed by atoms with van der Waals surface area (Å²) in [5, 5.41) is 0. The topological polar surface area (TPSA) is 66.5 Å². The van der Waals surface area contributed by atoms with E-state index in [1.807, 2.05) is 6.92 Å². The fourth-order valence-corrected chi connectivity index (χ4v) is 2.77. The number of piperidine rings is 1. The molecule has 0 spiro atoms. The van der Waals surface area contributed by atoms with Crippen molar-refractivity contribution in [2.45, 2.75) is 38.6 Å². The average Bonchev–Trinajstić information content (AvgIpc) is 2.16. The second-order valence-electron chi connectivity index (χ2n) is 4.32. The summed E-state index contributed by atoms with van der Waals surface area (Å²) in [5.74, 6) is 0.127. The minimum absolute atomic E-state index is 0.121. The molecule has 1 fully saturated rings. The van der Waals surface area contributed by atoms with Gasteiger partial charge in [0.2, 0.25) is 15.9 Å². The number of sulfonamides is 1. The lowest BCUT2D eigenvalue weighted by Crippen LogP contribution is -2.49. The number of hydrogen-bond donors (Lipinski definition) is 1. The average molecular weight is 248 g/mol. The first-order valence-electron chi connectivity index (χ1n) is 5.67. The molecule has 1 aliphatic rings. The maximum absolute atomic E-state index is 11.7. The van der Waals surface area contributed by atoms with Crippen LogP contribution in [0.15, 0.2) is 0 Å². The van der Waals surface area contributed by atoms with Gasteiger partial charge in [0.25, 0.3) is 0 Å². The van der Waals surface area contributed by atoms with E-state index in [-0.39, 0.29) is 11.9 Å². The molecule has 1 atom stereocenters. The molecule has 16 heavy (non-hydrogen) atoms. The molecule has 1 N–H and O–H groups in total. The first-order valence-corrected chi connectivity index (χ1v) is 7.56. The molecular formula is C10H20N2O3S. The maximum atomic E-state index is 11.7. The van der Waals surface area contributed by atoms with Gasteiger partial charge in [0.15, 0.2) is 0 Å². The number of carbonyl (C=O) groups excluding carboxylic acids is 1. The highest BCUT2D eigenvalue weighted by Crippen LogP contribution is 2.12. The van der Waals surface area contributed by atoms with E-state index in [0.717, 1.165) is 32.1 Å². The van der Waals surface area contributed by atoms with Gasteiger partial charge >= 0.3 is 0 Å². The van der Waals surface area contributed by atoms with Gasteiger partial charge < -0.3 is 4.90 Å². The molecule has 1 amide bonds. The van der Waals surface area contributed by atoms with Crippen molar-refractivity contribution in [3.8, 4) is 0 Å². The van der Waals surface area contributed by atoms with Crippen molar-refractivity contribution in [1.29, 1.82) is 0 Å². The van der Waals surface area contributed by atoms with Crippen LogP contribution in [0, 0.1) is 0 Å². The van der Waals surface area contributed by atoms with Gasteiger partial charge in [-0.3, -0.25) is 4.79 Å². The van der Waals surface area contributed by atoms with Gasteiger partial charge in [-0.25, -0.2) is 13.1 Å². The Labute approximate surface area is 97.2 Å². The third-order valence-corrected chi connectivity index (χ3v) is 3.38. The van der Waals surface area contributed by atoms with E-state index in [4.69, 9.17) is 0 Å². The summed E-state index contributed by atoms with van der Waals surface area (Å²) >= 11 is 0. The quantitative estimate of drug-likeness (QED) is 0.779. The summed E-state index contributed by atoms with van der Waals surface area (Å²) < 4.78 is 24.7. The monoisotopic (exact) mass is 248 g/mol. The van der Waals surface area contributed by atoms with Crippen LogP contribution in [0.3, 0.4) is 0 Å². The molecule has 0 bridgehead atoms. The molecule has 0 unspecified atom stereocenters. The number of likely N-dealkylation sites (tertiary alicyclic amines) is 1. The van der Waals surface area contributed by atoms with E-state index in [1.54, 1.807) is 4.90 Å². The van der Waals surface area contributed by atoms with Gasteiger partial charge in [0, 0.05) is 25.6 Å². The largest absolute Gasteiger partial charge is 0.341 e. The number of nitrogens with zero attached hydrogens (tertiary/aromatic N) is 1. The predicted molar refractivity (Wildman–Crippen MR) is 62.5 cm³/mol. The van der Waals surface area contributed by atoms with Crippen LogP contribution in [-0.2, 0) is 14.8 Å². The Bertz CT molecular complexity index is 340. The Kier molecular flexibility index (Phi) is 4.73. The van der Waals surface area contributed by atoms with Gasteiger partial charge in [-0.2, -0.15) is 0 Å². The number of nitrogens with one attached hydrogen (secondary N) is 1. The molecule has 1 saturated heterocycles. The Morgan fingerprint density at radius 1 is 1.50 bits per heavy atom. The van der Waals surface area contributed by atoms with Crippen LogP contribution in [0.2, 0.25) is 0 Å². The third-order valence-electron chi connectivity index (χ3n) is 2.62. The highest BCUT2D eigenvalue weighted by molar-refractivity contribution is 7.88. The van der Waals surface area contributed by atoms with Crippen LogP contribution < -0.4 is 4.72 Å². The number of hydrogen-bond acceptors (Lipinski definition) is 3. The Balaban J connectivity index is 2.50. The fraction of sp³-hybridized carbons (Fsp3) is 0.900. The predicted octanol–water partition coefficient (Wildman–Crippen LogP) is 0.327. The van der Waals surface area contributed by atoms with E-state index in [0.29, 0.717) is 13.0 Å². The fourth-order valence-electron chi connectivity index (χ4n) is 1.97. The lowest BCUT2D eigenvalue weighted by molar-refractivity contribution is -0.132. The summed E-state index contributed by atoms with van der Waals surface area (Å²) in [4.78, 5) is 13.4. The van der Waals surface area contributed by atoms with Crippen molar-refractivity contribution < 1.29 is 13.2 Å². The molecule has 0 radical (unpaired) electrons. The second-order valence-corrected chi connectivity index (χ2v) is 6.10. The zero-order valence-electron chi connectivity index (χ0n) is 9.90. The van der Waals surface area contributed by atoms with E-state index in [9.17, 15) is 13.2 Å². The first kappa shape index (κ1) is 13.4. The van der Waals surface area contributed by atoms with E-state index < -0.39 is 10.0 Å². The summed E-state index contributed by atoms with van der Waals surface area (Å²) in [5.41, 5.74) is 0. The van der Waals surface area contributed by atoms with Crippen LogP contribution in [0.5, 0.6) is 0 Å². The highest BCUT2D eigenvalue weighted by Gasteiger charge is 2.24. The van der Waals surface area contributed by atoms with Crippen LogP contribution in [0.25, 0.3) is 0 Å². The zero-order chi connectivity index (χ0) is 12.2. The van der Waals surface area contributed by atoms with Crippen molar-refractivity contribution >= 4 is 15.9 Å². The van der Waals surface area contributed by atoms with E-state index in [1.165, 1.54) is 0 Å². The maximum Gasteiger partial charge on any atom is 0.222 e. The minimum atomic E-state index is -3.17. The second kappa shape index (κ2) is 5.63. The van der Waals surface area contributed by atoms with Crippen LogP contribution in [-0.4, -0.2) is 44.6 Å². The van der Waals surface area contributed by atoms with Crippen LogP contribution >= 0.6 is 0 Å². The van der Waals surface area contributed by atoms with Gasteiger partial charge in [0.1, 0.15) is 0 Å². The van der Waals surface area contributed by atoms with Gasteiger partial charge in [-0.15, -0.1) is 0 Å². The van der Waals surface area contributed by atoms with Gasteiger partial charge in [0.05, 0.1) is 6.26 Å².